The molecule has 27 heavy (non-hydrogen) atoms. The van der Waals surface area contributed by atoms with Gasteiger partial charge in [0.15, 0.2) is 0 Å². The van der Waals surface area contributed by atoms with Crippen LogP contribution in [0.2, 0.25) is 0 Å². The Morgan fingerprint density at radius 3 is 2.30 bits per heavy atom. The quantitative estimate of drug-likeness (QED) is 0.851. The lowest BCUT2D eigenvalue weighted by molar-refractivity contribution is -0.140. The maximum Gasteiger partial charge on any atom is 0.225 e. The zero-order valence-electron chi connectivity index (χ0n) is 17.0. The van der Waals surface area contributed by atoms with Gasteiger partial charge < -0.3 is 15.7 Å². The molecule has 150 valence electrons. The van der Waals surface area contributed by atoms with E-state index in [1.165, 1.54) is 11.1 Å². The molecule has 0 unspecified atom stereocenters. The molecular weight excluding hydrogens is 338 g/mol. The molecule has 1 heterocycles. The highest BCUT2D eigenvalue weighted by molar-refractivity contribution is 5.79. The summed E-state index contributed by atoms with van der Waals surface area (Å²) in [5.41, 5.74) is 8.73. The number of piperazine rings is 1. The fraction of sp³-hybridized carbons (Fsp3) is 0.682. The molecule has 2 aliphatic rings. The van der Waals surface area contributed by atoms with Crippen LogP contribution in [0, 0.1) is 5.92 Å². The summed E-state index contributed by atoms with van der Waals surface area (Å²) in [7, 11) is 0. The fourth-order valence-corrected chi connectivity index (χ4v) is 4.15. The Balaban J connectivity index is 1.48. The van der Waals surface area contributed by atoms with Crippen LogP contribution in [0.5, 0.6) is 0 Å². The molecule has 3 N–H and O–H groups in total. The second-order valence-electron chi connectivity index (χ2n) is 9.29. The molecule has 1 aromatic rings. The average molecular weight is 374 g/mol. The summed E-state index contributed by atoms with van der Waals surface area (Å²) in [6, 6.07) is 8.74. The van der Waals surface area contributed by atoms with Gasteiger partial charge in [0.2, 0.25) is 5.91 Å². The molecule has 1 saturated carbocycles. The Kier molecular flexibility index (Phi) is 6.24. The number of hydrogen-bond donors (Lipinski definition) is 2. The fourth-order valence-electron chi connectivity index (χ4n) is 4.15. The van der Waals surface area contributed by atoms with Crippen LogP contribution in [0.1, 0.15) is 51.2 Å². The van der Waals surface area contributed by atoms with E-state index >= 15 is 0 Å². The van der Waals surface area contributed by atoms with Crippen LogP contribution in [0.3, 0.4) is 0 Å². The Morgan fingerprint density at radius 1 is 1.11 bits per heavy atom. The molecule has 0 bridgehead atoms. The second kappa shape index (κ2) is 8.29. The van der Waals surface area contributed by atoms with Crippen molar-refractivity contribution in [3.63, 3.8) is 0 Å². The Hall–Kier alpha value is -1.43. The summed E-state index contributed by atoms with van der Waals surface area (Å²) >= 11 is 0. The zero-order valence-corrected chi connectivity index (χ0v) is 17.0. The van der Waals surface area contributed by atoms with Gasteiger partial charge in [-0.05, 0) is 35.8 Å². The van der Waals surface area contributed by atoms with Gasteiger partial charge in [-0.15, -0.1) is 0 Å². The van der Waals surface area contributed by atoms with E-state index in [1.807, 2.05) is 4.90 Å². The van der Waals surface area contributed by atoms with Crippen LogP contribution in [-0.4, -0.2) is 59.1 Å². The smallest absolute Gasteiger partial charge is 0.225 e. The lowest BCUT2D eigenvalue weighted by atomic mass is 9.83. The molecule has 0 aromatic heterocycles. The number of hydrogen-bond acceptors (Lipinski definition) is 4. The van der Waals surface area contributed by atoms with Crippen molar-refractivity contribution < 1.29 is 9.90 Å². The van der Waals surface area contributed by atoms with E-state index in [0.29, 0.717) is 6.42 Å². The summed E-state index contributed by atoms with van der Waals surface area (Å²) in [6.07, 6.45) is 1.52. The van der Waals surface area contributed by atoms with Crippen molar-refractivity contribution in [1.82, 2.24) is 9.80 Å². The first-order valence-electron chi connectivity index (χ1n) is 10.3. The van der Waals surface area contributed by atoms with Gasteiger partial charge >= 0.3 is 0 Å². The summed E-state index contributed by atoms with van der Waals surface area (Å²) in [5.74, 6) is 0.145. The Bertz CT molecular complexity index is 630. The van der Waals surface area contributed by atoms with Gasteiger partial charge in [0.25, 0.3) is 0 Å². The number of carbonyl (C=O) groups is 1. The highest BCUT2D eigenvalue weighted by Crippen LogP contribution is 2.26. The third-order valence-corrected chi connectivity index (χ3v) is 6.13. The van der Waals surface area contributed by atoms with Crippen LogP contribution in [0.4, 0.5) is 0 Å². The number of amides is 1. The number of benzene rings is 1. The summed E-state index contributed by atoms with van der Waals surface area (Å²) in [4.78, 5) is 17.2. The standard InChI is InChI=1S/C22H35N3O2/c1-22(2,3)18-7-4-16(5-8-18)15-24-10-12-25(13-11-24)21(27)17-6-9-19(23)20(26)14-17/h4-5,7-8,17,19-20,26H,6,9-15,23H2,1-3H3/t17-,19-,20-/m0/s1. The van der Waals surface area contributed by atoms with Crippen molar-refractivity contribution in [2.24, 2.45) is 11.7 Å². The van der Waals surface area contributed by atoms with Crippen LogP contribution in [0.15, 0.2) is 24.3 Å². The molecule has 0 radical (unpaired) electrons. The zero-order chi connectivity index (χ0) is 19.6. The molecular formula is C22H35N3O2. The lowest BCUT2D eigenvalue weighted by Gasteiger charge is -2.38. The number of carbonyl (C=O) groups excluding carboxylic acids is 1. The molecule has 1 amide bonds. The molecule has 5 nitrogen and oxygen atoms in total. The third kappa shape index (κ3) is 5.09. The molecule has 1 aliphatic heterocycles. The molecule has 1 saturated heterocycles. The predicted molar refractivity (Wildman–Crippen MR) is 108 cm³/mol. The number of rotatable bonds is 3. The minimum atomic E-state index is -0.537. The van der Waals surface area contributed by atoms with Crippen molar-refractivity contribution in [2.75, 3.05) is 26.2 Å². The molecule has 3 atom stereocenters. The number of nitrogens with zero attached hydrogens (tertiary/aromatic N) is 2. The SMILES string of the molecule is CC(C)(C)c1ccc(CN2CCN(C(=O)[C@H]3CC[C@H](N)[C@@H](O)C3)CC2)cc1. The maximum atomic E-state index is 12.8. The summed E-state index contributed by atoms with van der Waals surface area (Å²) < 4.78 is 0. The van der Waals surface area contributed by atoms with E-state index in [4.69, 9.17) is 5.73 Å². The van der Waals surface area contributed by atoms with Gasteiger partial charge in [-0.25, -0.2) is 0 Å². The van der Waals surface area contributed by atoms with Crippen LogP contribution >= 0.6 is 0 Å². The summed E-state index contributed by atoms with van der Waals surface area (Å²) in [6.45, 7) is 11.0. The van der Waals surface area contributed by atoms with Gasteiger partial charge in [-0.2, -0.15) is 0 Å². The van der Waals surface area contributed by atoms with E-state index in [2.05, 4.69) is 49.9 Å². The molecule has 5 heteroatoms. The Labute approximate surface area is 163 Å². The van der Waals surface area contributed by atoms with Gasteiger partial charge in [0.05, 0.1) is 6.10 Å². The first kappa shape index (κ1) is 20.3. The van der Waals surface area contributed by atoms with Crippen LogP contribution in [-0.2, 0) is 16.8 Å². The Morgan fingerprint density at radius 2 is 1.74 bits per heavy atom. The van der Waals surface area contributed by atoms with Gasteiger partial charge in [0.1, 0.15) is 0 Å². The van der Waals surface area contributed by atoms with E-state index in [-0.39, 0.29) is 23.3 Å². The van der Waals surface area contributed by atoms with Crippen molar-refractivity contribution in [3.8, 4) is 0 Å². The lowest BCUT2D eigenvalue weighted by Crippen LogP contribution is -2.52. The number of nitrogens with two attached hydrogens (primary N) is 1. The highest BCUT2D eigenvalue weighted by atomic mass is 16.3. The van der Waals surface area contributed by atoms with E-state index in [0.717, 1.165) is 45.6 Å². The molecule has 3 rings (SSSR count). The second-order valence-corrected chi connectivity index (χ2v) is 9.29. The van der Waals surface area contributed by atoms with E-state index in [1.54, 1.807) is 0 Å². The van der Waals surface area contributed by atoms with Crippen molar-refractivity contribution in [3.05, 3.63) is 35.4 Å². The minimum Gasteiger partial charge on any atom is -0.391 e. The normalized spacial score (nSPS) is 27.6. The van der Waals surface area contributed by atoms with Crippen LogP contribution < -0.4 is 5.73 Å². The van der Waals surface area contributed by atoms with Gasteiger partial charge in [-0.3, -0.25) is 9.69 Å². The molecule has 1 aliphatic carbocycles. The van der Waals surface area contributed by atoms with E-state index < -0.39 is 6.10 Å². The van der Waals surface area contributed by atoms with Crippen molar-refractivity contribution in [2.45, 2.75) is 64.1 Å². The number of aliphatic hydroxyl groups is 1. The maximum absolute atomic E-state index is 12.8. The molecule has 2 fully saturated rings. The topological polar surface area (TPSA) is 69.8 Å². The summed E-state index contributed by atoms with van der Waals surface area (Å²) in [5, 5.41) is 9.97. The first-order valence-corrected chi connectivity index (χ1v) is 10.3. The number of aliphatic hydroxyl groups excluding tert-OH is 1. The van der Waals surface area contributed by atoms with Crippen LogP contribution in [0.25, 0.3) is 0 Å². The van der Waals surface area contributed by atoms with E-state index in [9.17, 15) is 9.90 Å². The predicted octanol–water partition coefficient (Wildman–Crippen LogP) is 2.12. The third-order valence-electron chi connectivity index (χ3n) is 6.13. The van der Waals surface area contributed by atoms with Crippen molar-refractivity contribution in [1.29, 1.82) is 0 Å². The van der Waals surface area contributed by atoms with Gasteiger partial charge in [0, 0.05) is 44.7 Å². The monoisotopic (exact) mass is 373 g/mol. The minimum absolute atomic E-state index is 0.0590. The first-order chi connectivity index (χ1) is 12.7. The molecule has 1 aromatic carbocycles. The largest absolute Gasteiger partial charge is 0.391 e. The van der Waals surface area contributed by atoms with Crippen molar-refractivity contribution >= 4 is 5.91 Å². The average Bonchev–Trinajstić information content (AvgIpc) is 2.64. The molecule has 0 spiro atoms. The van der Waals surface area contributed by atoms with Gasteiger partial charge in [-0.1, -0.05) is 45.0 Å². The highest BCUT2D eigenvalue weighted by Gasteiger charge is 2.34.